The van der Waals surface area contributed by atoms with Crippen LogP contribution in [0.5, 0.6) is 5.75 Å². The van der Waals surface area contributed by atoms with Crippen molar-refractivity contribution in [1.82, 2.24) is 9.80 Å². The van der Waals surface area contributed by atoms with Crippen molar-refractivity contribution in [2.24, 2.45) is 11.8 Å². The molecule has 7 nitrogen and oxygen atoms in total. The number of nitrogens with zero attached hydrogens (tertiary/aromatic N) is 2. The smallest absolute Gasteiger partial charge is 0.257 e. The zero-order valence-corrected chi connectivity index (χ0v) is 18.1. The van der Waals surface area contributed by atoms with E-state index in [2.05, 4.69) is 31.1 Å². The molecule has 0 spiro atoms. The Morgan fingerprint density at radius 3 is 2.59 bits per heavy atom. The first-order valence-electron chi connectivity index (χ1n) is 10.4. The van der Waals surface area contributed by atoms with Gasteiger partial charge in [-0.15, -0.1) is 0 Å². The fraction of sp³-hybridized carbons (Fsp3) is 0.636. The third kappa shape index (κ3) is 5.28. The number of carbonyl (C=O) groups excluding carboxylic acids is 2. The Bertz CT molecular complexity index is 750. The summed E-state index contributed by atoms with van der Waals surface area (Å²) in [6, 6.07) is 5.48. The molecule has 3 atom stereocenters. The van der Waals surface area contributed by atoms with Crippen LogP contribution in [-0.2, 0) is 9.53 Å². The Hall–Kier alpha value is -2.12. The maximum Gasteiger partial charge on any atom is 0.257 e. The fourth-order valence-corrected chi connectivity index (χ4v) is 3.63. The largest absolute Gasteiger partial charge is 0.491 e. The Morgan fingerprint density at radius 1 is 1.21 bits per heavy atom. The normalized spacial score (nSPS) is 26.7. The highest BCUT2D eigenvalue weighted by Crippen LogP contribution is 2.31. The van der Waals surface area contributed by atoms with Gasteiger partial charge in [-0.3, -0.25) is 14.5 Å². The van der Waals surface area contributed by atoms with Crippen LogP contribution in [0.3, 0.4) is 0 Å². The number of ether oxygens (including phenoxy) is 2. The lowest BCUT2D eigenvalue weighted by Gasteiger charge is -2.34. The summed E-state index contributed by atoms with van der Waals surface area (Å²) >= 11 is 0. The van der Waals surface area contributed by atoms with Crippen LogP contribution in [0.2, 0.25) is 0 Å². The van der Waals surface area contributed by atoms with Gasteiger partial charge >= 0.3 is 0 Å². The summed E-state index contributed by atoms with van der Waals surface area (Å²) in [6.07, 6.45) is 1.80. The van der Waals surface area contributed by atoms with Crippen molar-refractivity contribution in [1.29, 1.82) is 0 Å². The van der Waals surface area contributed by atoms with E-state index in [0.29, 0.717) is 30.2 Å². The number of nitrogens with one attached hydrogen (secondary N) is 1. The van der Waals surface area contributed by atoms with Gasteiger partial charge < -0.3 is 19.7 Å². The number of anilines is 1. The number of carbonyl (C=O) groups is 2. The fourth-order valence-electron chi connectivity index (χ4n) is 3.63. The molecule has 29 heavy (non-hydrogen) atoms. The first kappa shape index (κ1) is 21.6. The summed E-state index contributed by atoms with van der Waals surface area (Å²) in [5.41, 5.74) is 1.08. The average molecular weight is 404 g/mol. The van der Waals surface area contributed by atoms with E-state index in [1.165, 1.54) is 0 Å². The van der Waals surface area contributed by atoms with E-state index in [9.17, 15) is 9.59 Å². The van der Waals surface area contributed by atoms with Gasteiger partial charge in [-0.1, -0.05) is 6.92 Å². The van der Waals surface area contributed by atoms with Crippen LogP contribution in [-0.4, -0.2) is 74.7 Å². The number of fused-ring (bicyclic) bond motifs is 1. The van der Waals surface area contributed by atoms with E-state index in [4.69, 9.17) is 9.47 Å². The third-order valence-electron chi connectivity index (χ3n) is 5.97. The van der Waals surface area contributed by atoms with Gasteiger partial charge in [-0.25, -0.2) is 0 Å². The lowest BCUT2D eigenvalue weighted by atomic mass is 10.0. The second-order valence-electron chi connectivity index (χ2n) is 8.51. The van der Waals surface area contributed by atoms with Gasteiger partial charge in [0.1, 0.15) is 12.4 Å². The molecule has 1 saturated carbocycles. The van der Waals surface area contributed by atoms with Gasteiger partial charge in [0.25, 0.3) is 5.91 Å². The molecule has 0 saturated heterocycles. The Balaban J connectivity index is 1.89. The molecule has 2 amide bonds. The van der Waals surface area contributed by atoms with Crippen molar-refractivity contribution in [3.8, 4) is 5.75 Å². The molecule has 1 aromatic carbocycles. The van der Waals surface area contributed by atoms with Crippen LogP contribution in [0.15, 0.2) is 18.2 Å². The maximum absolute atomic E-state index is 13.2. The molecular weight excluding hydrogens is 370 g/mol. The molecule has 3 rings (SSSR count). The zero-order chi connectivity index (χ0) is 21.1. The SMILES string of the molecule is CO[C@H]1CN(C)C(=O)c2cc(NC(=O)C3CC3)ccc2OC[C@@H](C)N(C)C[C@@H]1C. The summed E-state index contributed by atoms with van der Waals surface area (Å²) in [6.45, 7) is 6.06. The van der Waals surface area contributed by atoms with Crippen LogP contribution in [0.1, 0.15) is 37.0 Å². The van der Waals surface area contributed by atoms with Crippen LogP contribution in [0.4, 0.5) is 5.69 Å². The van der Waals surface area contributed by atoms with E-state index in [0.717, 1.165) is 19.4 Å². The maximum atomic E-state index is 13.2. The number of hydrogen-bond donors (Lipinski definition) is 1. The predicted molar refractivity (Wildman–Crippen MR) is 112 cm³/mol. The first-order chi connectivity index (χ1) is 13.8. The standard InChI is InChI=1S/C22H33N3O4/c1-14-11-24(3)15(2)13-29-19-9-8-17(23-21(26)16-6-7-16)10-18(19)22(27)25(4)12-20(14)28-5/h8-10,14-16,20H,6-7,11-13H2,1-5H3,(H,23,26)/t14-,15+,20-/m0/s1. The van der Waals surface area contributed by atoms with E-state index in [1.807, 2.05) is 0 Å². The van der Waals surface area contributed by atoms with Crippen LogP contribution < -0.4 is 10.1 Å². The molecule has 0 bridgehead atoms. The number of amides is 2. The van der Waals surface area contributed by atoms with E-state index in [-0.39, 0.29) is 35.8 Å². The number of likely N-dealkylation sites (N-methyl/N-ethyl adjacent to an activating group) is 2. The van der Waals surface area contributed by atoms with Crippen LogP contribution in [0, 0.1) is 11.8 Å². The van der Waals surface area contributed by atoms with E-state index < -0.39 is 0 Å². The minimum atomic E-state index is -0.140. The number of methoxy groups -OCH3 is 1. The molecule has 7 heteroatoms. The third-order valence-corrected chi connectivity index (χ3v) is 5.97. The zero-order valence-electron chi connectivity index (χ0n) is 18.1. The topological polar surface area (TPSA) is 71.1 Å². The molecule has 0 unspecified atom stereocenters. The highest BCUT2D eigenvalue weighted by Gasteiger charge is 2.30. The van der Waals surface area contributed by atoms with Crippen molar-refractivity contribution in [2.75, 3.05) is 46.2 Å². The van der Waals surface area contributed by atoms with Crippen LogP contribution in [0.25, 0.3) is 0 Å². The number of benzene rings is 1. The molecule has 1 aliphatic carbocycles. The summed E-state index contributed by atoms with van der Waals surface area (Å²) < 4.78 is 11.7. The van der Waals surface area contributed by atoms with Gasteiger partial charge in [0.05, 0.1) is 11.7 Å². The van der Waals surface area contributed by atoms with Crippen LogP contribution >= 0.6 is 0 Å². The minimum absolute atomic E-state index is 0.0170. The summed E-state index contributed by atoms with van der Waals surface area (Å²) in [5, 5.41) is 2.92. The molecular formula is C22H33N3O4. The van der Waals surface area contributed by atoms with Crippen molar-refractivity contribution in [3.05, 3.63) is 23.8 Å². The molecule has 2 aliphatic rings. The van der Waals surface area contributed by atoms with Crippen molar-refractivity contribution in [2.45, 2.75) is 38.8 Å². The summed E-state index contributed by atoms with van der Waals surface area (Å²) in [7, 11) is 5.55. The average Bonchev–Trinajstić information content (AvgIpc) is 3.54. The van der Waals surface area contributed by atoms with E-state index >= 15 is 0 Å². The highest BCUT2D eigenvalue weighted by molar-refractivity contribution is 6.00. The van der Waals surface area contributed by atoms with Crippen molar-refractivity contribution >= 4 is 17.5 Å². The highest BCUT2D eigenvalue weighted by atomic mass is 16.5. The Kier molecular flexibility index (Phi) is 6.80. The summed E-state index contributed by atoms with van der Waals surface area (Å²) in [5.74, 6) is 0.771. The lowest BCUT2D eigenvalue weighted by Crippen LogP contribution is -2.45. The lowest BCUT2D eigenvalue weighted by molar-refractivity contribution is -0.117. The molecule has 1 heterocycles. The molecule has 1 N–H and O–H groups in total. The molecule has 1 aliphatic heterocycles. The minimum Gasteiger partial charge on any atom is -0.491 e. The quantitative estimate of drug-likeness (QED) is 0.840. The number of rotatable bonds is 3. The van der Waals surface area contributed by atoms with Gasteiger partial charge in [-0.2, -0.15) is 0 Å². The molecule has 0 radical (unpaired) electrons. The molecule has 160 valence electrons. The molecule has 1 fully saturated rings. The monoisotopic (exact) mass is 403 g/mol. The number of hydrogen-bond acceptors (Lipinski definition) is 5. The van der Waals surface area contributed by atoms with Gasteiger partial charge in [-0.05, 0) is 50.9 Å². The summed E-state index contributed by atoms with van der Waals surface area (Å²) in [4.78, 5) is 29.3. The Morgan fingerprint density at radius 2 is 1.93 bits per heavy atom. The molecule has 1 aromatic rings. The van der Waals surface area contributed by atoms with Gasteiger partial charge in [0.15, 0.2) is 0 Å². The first-order valence-corrected chi connectivity index (χ1v) is 10.4. The predicted octanol–water partition coefficient (Wildman–Crippen LogP) is 2.47. The Labute approximate surface area is 173 Å². The second-order valence-corrected chi connectivity index (χ2v) is 8.51. The van der Waals surface area contributed by atoms with Gasteiger partial charge in [0, 0.05) is 44.9 Å². The molecule has 0 aromatic heterocycles. The van der Waals surface area contributed by atoms with Crippen molar-refractivity contribution < 1.29 is 19.1 Å². The van der Waals surface area contributed by atoms with Crippen molar-refractivity contribution in [3.63, 3.8) is 0 Å². The van der Waals surface area contributed by atoms with E-state index in [1.54, 1.807) is 37.3 Å². The second kappa shape index (κ2) is 9.13. The van der Waals surface area contributed by atoms with Gasteiger partial charge in [0.2, 0.25) is 5.91 Å².